The van der Waals surface area contributed by atoms with Crippen LogP contribution in [-0.4, -0.2) is 22.8 Å². The minimum absolute atomic E-state index is 0.0353. The van der Waals surface area contributed by atoms with Gasteiger partial charge in [-0.25, -0.2) is 23.8 Å². The van der Waals surface area contributed by atoms with Crippen LogP contribution in [-0.2, 0) is 0 Å². The van der Waals surface area contributed by atoms with Crippen molar-refractivity contribution in [3.05, 3.63) is 65.2 Å². The van der Waals surface area contributed by atoms with Gasteiger partial charge >= 0.3 is 12.0 Å². The first kappa shape index (κ1) is 17.1. The quantitative estimate of drug-likeness (QED) is 0.593. The first-order chi connectivity index (χ1) is 11.4. The number of carboxylic acid groups (broad SMARTS) is 1. The fourth-order valence-electron chi connectivity index (χ4n) is 1.97. The molecule has 0 unspecified atom stereocenters. The predicted molar refractivity (Wildman–Crippen MR) is 84.1 cm³/mol. The molecule has 0 saturated carbocycles. The average molecular weight is 333 g/mol. The normalized spacial score (nSPS) is 11.0. The van der Waals surface area contributed by atoms with Crippen LogP contribution in [0.25, 0.3) is 0 Å². The number of nitrogens with zero attached hydrogens (tertiary/aromatic N) is 1. The smallest absolute Gasteiger partial charge is 0.339 e. The summed E-state index contributed by atoms with van der Waals surface area (Å²) in [5, 5.41) is 15.1. The summed E-state index contributed by atoms with van der Waals surface area (Å²) < 4.78 is 26.1. The summed E-state index contributed by atoms with van der Waals surface area (Å²) in [7, 11) is 0. The second kappa shape index (κ2) is 7.32. The van der Waals surface area contributed by atoms with Crippen molar-refractivity contribution in [2.24, 2.45) is 5.10 Å². The molecule has 24 heavy (non-hydrogen) atoms. The van der Waals surface area contributed by atoms with Crippen molar-refractivity contribution in [1.82, 2.24) is 5.43 Å². The highest BCUT2D eigenvalue weighted by atomic mass is 19.1. The van der Waals surface area contributed by atoms with E-state index < -0.39 is 23.6 Å². The summed E-state index contributed by atoms with van der Waals surface area (Å²) in [5.74, 6) is -2.79. The summed E-state index contributed by atoms with van der Waals surface area (Å²) in [6.45, 7) is 1.52. The Balaban J connectivity index is 2.10. The first-order valence-electron chi connectivity index (χ1n) is 6.77. The Morgan fingerprint density at radius 2 is 1.62 bits per heavy atom. The molecule has 0 fully saturated rings. The number of nitrogens with one attached hydrogen (secondary N) is 2. The zero-order valence-corrected chi connectivity index (χ0v) is 12.5. The molecule has 0 aliphatic heterocycles. The van der Waals surface area contributed by atoms with Gasteiger partial charge in [-0.1, -0.05) is 18.2 Å². The molecule has 2 amide bonds. The van der Waals surface area contributed by atoms with Gasteiger partial charge in [-0.2, -0.15) is 5.10 Å². The van der Waals surface area contributed by atoms with E-state index in [1.165, 1.54) is 13.0 Å². The van der Waals surface area contributed by atoms with Gasteiger partial charge in [0.05, 0.1) is 11.3 Å². The summed E-state index contributed by atoms with van der Waals surface area (Å²) >= 11 is 0. The first-order valence-corrected chi connectivity index (χ1v) is 6.77. The lowest BCUT2D eigenvalue weighted by molar-refractivity contribution is 0.0696. The van der Waals surface area contributed by atoms with E-state index in [4.69, 9.17) is 5.11 Å². The number of aromatic carboxylic acids is 1. The van der Waals surface area contributed by atoms with E-state index in [-0.39, 0.29) is 17.0 Å². The number of hydrogen-bond donors (Lipinski definition) is 3. The minimum Gasteiger partial charge on any atom is -0.478 e. The number of rotatable bonds is 4. The summed E-state index contributed by atoms with van der Waals surface area (Å²) in [4.78, 5) is 22.8. The van der Waals surface area contributed by atoms with Crippen molar-refractivity contribution in [3.63, 3.8) is 0 Å². The number of hydrogen-bond acceptors (Lipinski definition) is 3. The van der Waals surface area contributed by atoms with Crippen LogP contribution in [0.3, 0.4) is 0 Å². The third-order valence-electron chi connectivity index (χ3n) is 2.99. The highest BCUT2D eigenvalue weighted by Crippen LogP contribution is 2.13. The Bertz CT molecular complexity index is 802. The van der Waals surface area contributed by atoms with Crippen LogP contribution in [0.2, 0.25) is 0 Å². The van der Waals surface area contributed by atoms with E-state index in [1.807, 2.05) is 0 Å². The van der Waals surface area contributed by atoms with Gasteiger partial charge in [0.2, 0.25) is 0 Å². The third kappa shape index (κ3) is 4.35. The summed E-state index contributed by atoms with van der Waals surface area (Å²) in [6.07, 6.45) is 0. The lowest BCUT2D eigenvalue weighted by atomic mass is 10.0. The highest BCUT2D eigenvalue weighted by molar-refractivity contribution is 6.07. The monoisotopic (exact) mass is 333 g/mol. The summed E-state index contributed by atoms with van der Waals surface area (Å²) in [5.41, 5.74) is 2.68. The molecule has 0 radical (unpaired) electrons. The number of urea groups is 1. The van der Waals surface area contributed by atoms with Crippen LogP contribution in [0.1, 0.15) is 22.8 Å². The standard InChI is InChI=1S/C16H13F2N3O3/c1-9(13-4-2-3-5-14(13)15(22)23)20-21-16(24)19-12-7-10(17)6-11(18)8-12/h2-8H,1H3,(H,22,23)(H2,19,21,24)/b20-9+. The Morgan fingerprint density at radius 3 is 2.21 bits per heavy atom. The Morgan fingerprint density at radius 1 is 1.04 bits per heavy atom. The molecule has 0 aromatic heterocycles. The molecular formula is C16H13F2N3O3. The zero-order chi connectivity index (χ0) is 17.7. The van der Waals surface area contributed by atoms with Crippen molar-refractivity contribution in [3.8, 4) is 0 Å². The van der Waals surface area contributed by atoms with E-state index >= 15 is 0 Å². The molecule has 2 rings (SSSR count). The van der Waals surface area contributed by atoms with Crippen molar-refractivity contribution < 1.29 is 23.5 Å². The molecule has 0 spiro atoms. The van der Waals surface area contributed by atoms with Gasteiger partial charge in [0, 0.05) is 17.3 Å². The lowest BCUT2D eigenvalue weighted by Crippen LogP contribution is -2.25. The SMILES string of the molecule is C/C(=N\NC(=O)Nc1cc(F)cc(F)c1)c1ccccc1C(=O)O. The molecule has 0 saturated heterocycles. The maximum absolute atomic E-state index is 13.0. The van der Waals surface area contributed by atoms with Gasteiger partial charge in [0.25, 0.3) is 0 Å². The van der Waals surface area contributed by atoms with Crippen LogP contribution in [0, 0.1) is 11.6 Å². The van der Waals surface area contributed by atoms with E-state index in [0.717, 1.165) is 12.1 Å². The highest BCUT2D eigenvalue weighted by Gasteiger charge is 2.11. The number of amides is 2. The number of anilines is 1. The van der Waals surface area contributed by atoms with Crippen LogP contribution in [0.5, 0.6) is 0 Å². The number of halogens is 2. The molecule has 0 bridgehead atoms. The van der Waals surface area contributed by atoms with E-state index in [1.54, 1.807) is 18.2 Å². The van der Waals surface area contributed by atoms with Gasteiger partial charge in [-0.05, 0) is 25.1 Å². The molecule has 0 aliphatic carbocycles. The molecule has 6 nitrogen and oxygen atoms in total. The van der Waals surface area contributed by atoms with E-state index in [9.17, 15) is 18.4 Å². The number of carboxylic acids is 1. The van der Waals surface area contributed by atoms with Gasteiger partial charge in [0.15, 0.2) is 0 Å². The zero-order valence-electron chi connectivity index (χ0n) is 12.5. The lowest BCUT2D eigenvalue weighted by Gasteiger charge is -2.07. The van der Waals surface area contributed by atoms with Crippen LogP contribution >= 0.6 is 0 Å². The minimum atomic E-state index is -1.13. The molecule has 2 aromatic carbocycles. The van der Waals surface area contributed by atoms with Crippen LogP contribution in [0.4, 0.5) is 19.3 Å². The summed E-state index contributed by atoms with van der Waals surface area (Å²) in [6, 6.07) is 7.89. The molecule has 8 heteroatoms. The number of benzene rings is 2. The van der Waals surface area contributed by atoms with E-state index in [2.05, 4.69) is 15.8 Å². The van der Waals surface area contributed by atoms with Crippen molar-refractivity contribution >= 4 is 23.4 Å². The van der Waals surface area contributed by atoms with E-state index in [0.29, 0.717) is 11.6 Å². The number of carbonyl (C=O) groups excluding carboxylic acids is 1. The van der Waals surface area contributed by atoms with Crippen molar-refractivity contribution in [2.75, 3.05) is 5.32 Å². The number of carbonyl (C=O) groups is 2. The third-order valence-corrected chi connectivity index (χ3v) is 2.99. The predicted octanol–water partition coefficient (Wildman–Crippen LogP) is 3.21. The fraction of sp³-hybridized carbons (Fsp3) is 0.0625. The Labute approximate surface area is 135 Å². The molecule has 124 valence electrons. The Kier molecular flexibility index (Phi) is 5.20. The average Bonchev–Trinajstić information content (AvgIpc) is 2.51. The Hall–Kier alpha value is -3.29. The molecule has 0 aliphatic rings. The second-order valence-corrected chi connectivity index (χ2v) is 4.77. The molecular weight excluding hydrogens is 320 g/mol. The largest absolute Gasteiger partial charge is 0.478 e. The van der Waals surface area contributed by atoms with Crippen LogP contribution in [0.15, 0.2) is 47.6 Å². The maximum Gasteiger partial charge on any atom is 0.339 e. The molecule has 2 aromatic rings. The molecule has 3 N–H and O–H groups in total. The van der Waals surface area contributed by atoms with Gasteiger partial charge in [0.1, 0.15) is 11.6 Å². The van der Waals surface area contributed by atoms with Gasteiger partial charge < -0.3 is 10.4 Å². The van der Waals surface area contributed by atoms with Crippen LogP contribution < -0.4 is 10.7 Å². The molecule has 0 atom stereocenters. The van der Waals surface area contributed by atoms with Crippen molar-refractivity contribution in [1.29, 1.82) is 0 Å². The van der Waals surface area contributed by atoms with Gasteiger partial charge in [-0.15, -0.1) is 0 Å². The topological polar surface area (TPSA) is 90.8 Å². The molecule has 0 heterocycles. The number of hydrazone groups is 1. The second-order valence-electron chi connectivity index (χ2n) is 4.77. The van der Waals surface area contributed by atoms with Crippen molar-refractivity contribution in [2.45, 2.75) is 6.92 Å². The maximum atomic E-state index is 13.0. The fourth-order valence-corrected chi connectivity index (χ4v) is 1.97. The van der Waals surface area contributed by atoms with Gasteiger partial charge in [-0.3, -0.25) is 0 Å².